The lowest BCUT2D eigenvalue weighted by atomic mass is 9.84. The van der Waals surface area contributed by atoms with E-state index >= 15 is 0 Å². The monoisotopic (exact) mass is 802 g/mol. The Labute approximate surface area is 348 Å². The second-order valence-corrected chi connectivity index (χ2v) is 17.0. The van der Waals surface area contributed by atoms with Crippen molar-refractivity contribution in [2.24, 2.45) is 11.3 Å². The molecule has 2 aliphatic rings. The zero-order valence-corrected chi connectivity index (χ0v) is 35.8. The summed E-state index contributed by atoms with van der Waals surface area (Å²) in [7, 11) is 3.27. The van der Waals surface area contributed by atoms with Gasteiger partial charge in [-0.25, -0.2) is 5.43 Å². The van der Waals surface area contributed by atoms with Crippen LogP contribution in [0.5, 0.6) is 0 Å². The van der Waals surface area contributed by atoms with Gasteiger partial charge in [0.25, 0.3) is 5.91 Å². The maximum absolute atomic E-state index is 14.5. The molecule has 4 heterocycles. The van der Waals surface area contributed by atoms with Crippen molar-refractivity contribution >= 4 is 34.6 Å². The number of hydrogen-bond donors (Lipinski definition) is 2. The van der Waals surface area contributed by atoms with Crippen molar-refractivity contribution < 1.29 is 28.7 Å². The van der Waals surface area contributed by atoms with Gasteiger partial charge < -0.3 is 24.3 Å². The quantitative estimate of drug-likeness (QED) is 0.158. The van der Waals surface area contributed by atoms with Crippen molar-refractivity contribution in [3.8, 4) is 34.7 Å². The smallest absolute Gasteiger partial charge is 0.324 e. The third-order valence-corrected chi connectivity index (χ3v) is 11.7. The molecule has 4 atom stereocenters. The summed E-state index contributed by atoms with van der Waals surface area (Å²) in [5, 5.41) is 5.47. The number of carbonyl (C=O) groups is 4. The number of carbonyl (C=O) groups excluding carboxylic acids is 4. The number of pyridine rings is 1. The van der Waals surface area contributed by atoms with Crippen LogP contribution in [-0.4, -0.2) is 88.6 Å². The SMILES string of the molecule is C#Cc1cc2cc(c1)-c1ccc3c(c1)c(c(-c1cccnc1[C@H](C)OC)n3CC)CC(C)(C)COC(=O)[C@@H]1CCCN(N1)C(=O)[C@@H](NC(=O)[C@H](C(C)C)N(C)C(C)=O)C2. The summed E-state index contributed by atoms with van der Waals surface area (Å²) >= 11 is 0. The number of rotatable bonds is 8. The molecular weight excluding hydrogens is 745 g/mol. The summed E-state index contributed by atoms with van der Waals surface area (Å²) in [6, 6.07) is 13.7. The highest BCUT2D eigenvalue weighted by atomic mass is 16.5. The number of methoxy groups -OCH3 is 1. The minimum absolute atomic E-state index is 0.106. The molecule has 3 amide bonds. The standard InChI is InChI=1S/C47H58N6O6/c1-11-31-21-32-23-34(22-31)33-17-18-40-36(25-33)37(43(52(40)12-2)35-15-13-19-48-41(35)29(5)58-10)26-47(7,8)27-59-46(57)38-16-14-20-53(50-38)45(56)39(24-32)49-44(55)42(28(3)4)51(9)30(6)54/h1,13,15,17-19,21-23,25,28-29,38-39,42,50H,12,14,16,20,24,26-27H2,2-10H3,(H,49,55)/t29-,38-,39-,42-/m0/s1. The number of aryl methyl sites for hydroxylation is 1. The van der Waals surface area contributed by atoms with Gasteiger partial charge in [0.05, 0.1) is 24.1 Å². The van der Waals surface area contributed by atoms with Gasteiger partial charge in [-0.15, -0.1) is 6.42 Å². The maximum Gasteiger partial charge on any atom is 0.324 e. The minimum atomic E-state index is -1.05. The fourth-order valence-electron chi connectivity index (χ4n) is 8.55. The molecule has 1 fully saturated rings. The molecule has 4 aromatic rings. The largest absolute Gasteiger partial charge is 0.464 e. The Bertz CT molecular complexity index is 2290. The number of hydrazine groups is 1. The summed E-state index contributed by atoms with van der Waals surface area (Å²) in [6.07, 6.45) is 9.31. The first-order valence-electron chi connectivity index (χ1n) is 20.6. The Kier molecular flexibility index (Phi) is 13.0. The third kappa shape index (κ3) is 9.07. The molecule has 59 heavy (non-hydrogen) atoms. The number of ether oxygens (including phenoxy) is 2. The first-order valence-corrected chi connectivity index (χ1v) is 20.6. The maximum atomic E-state index is 14.5. The fourth-order valence-corrected chi connectivity index (χ4v) is 8.55. The Balaban J connectivity index is 1.55. The van der Waals surface area contributed by atoms with E-state index in [0.29, 0.717) is 37.9 Å². The van der Waals surface area contributed by atoms with Crippen molar-refractivity contribution in [1.29, 1.82) is 0 Å². The number of aromatic nitrogens is 2. The van der Waals surface area contributed by atoms with E-state index in [1.54, 1.807) is 20.4 Å². The van der Waals surface area contributed by atoms with Crippen LogP contribution in [0.4, 0.5) is 0 Å². The molecule has 12 nitrogen and oxygen atoms in total. The Hall–Kier alpha value is -5.51. The molecule has 2 aromatic heterocycles. The Morgan fingerprint density at radius 2 is 1.90 bits per heavy atom. The number of terminal acetylenes is 1. The number of hydrogen-bond acceptors (Lipinski definition) is 8. The minimum Gasteiger partial charge on any atom is -0.464 e. The van der Waals surface area contributed by atoms with Gasteiger partial charge in [-0.1, -0.05) is 45.7 Å². The molecule has 0 aliphatic carbocycles. The molecule has 0 spiro atoms. The second-order valence-electron chi connectivity index (χ2n) is 17.0. The number of likely N-dealkylation sites (N-methyl/N-ethyl adjacent to an activating group) is 1. The number of cyclic esters (lactones) is 1. The van der Waals surface area contributed by atoms with Crippen LogP contribution in [-0.2, 0) is 48.0 Å². The highest BCUT2D eigenvalue weighted by Gasteiger charge is 2.37. The van der Waals surface area contributed by atoms with Crippen LogP contribution in [0.25, 0.3) is 33.3 Å². The van der Waals surface area contributed by atoms with Gasteiger partial charge in [-0.05, 0) is 97.7 Å². The van der Waals surface area contributed by atoms with Gasteiger partial charge in [0, 0.05) is 74.2 Å². The van der Waals surface area contributed by atoms with Crippen LogP contribution in [0, 0.1) is 23.7 Å². The molecule has 0 unspecified atom stereocenters. The predicted molar refractivity (Wildman–Crippen MR) is 229 cm³/mol. The molecule has 12 heteroatoms. The van der Waals surface area contributed by atoms with Crippen molar-refractivity contribution in [3.63, 3.8) is 0 Å². The van der Waals surface area contributed by atoms with Gasteiger partial charge in [0.15, 0.2) is 0 Å². The zero-order chi connectivity index (χ0) is 42.8. The molecule has 0 radical (unpaired) electrons. The molecule has 6 bridgehead atoms. The topological polar surface area (TPSA) is 135 Å². The lowest BCUT2D eigenvalue weighted by Gasteiger charge is -2.36. The highest BCUT2D eigenvalue weighted by Crippen LogP contribution is 2.42. The van der Waals surface area contributed by atoms with Crippen LogP contribution in [0.1, 0.15) is 89.8 Å². The number of esters is 1. The van der Waals surface area contributed by atoms with Crippen LogP contribution in [0.15, 0.2) is 54.7 Å². The van der Waals surface area contributed by atoms with Crippen LogP contribution in [0.3, 0.4) is 0 Å². The summed E-state index contributed by atoms with van der Waals surface area (Å²) in [6.45, 7) is 14.6. The summed E-state index contributed by atoms with van der Waals surface area (Å²) in [5.74, 6) is 0.991. The van der Waals surface area contributed by atoms with E-state index in [4.69, 9.17) is 20.9 Å². The van der Waals surface area contributed by atoms with Crippen molar-refractivity contribution in [1.82, 2.24) is 30.2 Å². The molecular formula is C47H58N6O6. The summed E-state index contributed by atoms with van der Waals surface area (Å²) < 4.78 is 14.2. The van der Waals surface area contributed by atoms with Crippen LogP contribution < -0.4 is 10.7 Å². The average molecular weight is 803 g/mol. The molecule has 6 rings (SSSR count). The predicted octanol–water partition coefficient (Wildman–Crippen LogP) is 6.23. The number of nitrogens with zero attached hydrogens (tertiary/aromatic N) is 4. The van der Waals surface area contributed by atoms with Gasteiger partial charge >= 0.3 is 5.97 Å². The van der Waals surface area contributed by atoms with E-state index in [9.17, 15) is 19.2 Å². The van der Waals surface area contributed by atoms with E-state index in [0.717, 1.165) is 50.1 Å². The highest BCUT2D eigenvalue weighted by molar-refractivity contribution is 5.96. The average Bonchev–Trinajstić information content (AvgIpc) is 3.52. The Morgan fingerprint density at radius 1 is 1.14 bits per heavy atom. The Morgan fingerprint density at radius 3 is 2.58 bits per heavy atom. The molecule has 2 N–H and O–H groups in total. The van der Waals surface area contributed by atoms with Crippen LogP contribution >= 0.6 is 0 Å². The third-order valence-electron chi connectivity index (χ3n) is 11.7. The first kappa shape index (κ1) is 43.1. The molecule has 2 aliphatic heterocycles. The zero-order valence-electron chi connectivity index (χ0n) is 35.8. The van der Waals surface area contributed by atoms with E-state index in [1.165, 1.54) is 16.8 Å². The number of benzene rings is 2. The van der Waals surface area contributed by atoms with Crippen LogP contribution in [0.2, 0.25) is 0 Å². The van der Waals surface area contributed by atoms with E-state index in [1.807, 2.05) is 45.0 Å². The van der Waals surface area contributed by atoms with Gasteiger partial charge in [0.1, 0.15) is 18.1 Å². The van der Waals surface area contributed by atoms with Crippen molar-refractivity contribution in [3.05, 3.63) is 77.1 Å². The lowest BCUT2D eigenvalue weighted by Crippen LogP contribution is -2.62. The van der Waals surface area contributed by atoms with Crippen molar-refractivity contribution in [2.45, 2.75) is 105 Å². The second kappa shape index (κ2) is 17.8. The molecule has 2 aromatic carbocycles. The van der Waals surface area contributed by atoms with E-state index in [-0.39, 0.29) is 31.0 Å². The van der Waals surface area contributed by atoms with Gasteiger partial charge in [-0.3, -0.25) is 29.2 Å². The van der Waals surface area contributed by atoms with Gasteiger partial charge in [-0.2, -0.15) is 0 Å². The fraction of sp³-hybridized carbons (Fsp3) is 0.468. The van der Waals surface area contributed by atoms with E-state index < -0.39 is 41.3 Å². The number of amides is 3. The molecule has 0 saturated carbocycles. The molecule has 312 valence electrons. The first-order chi connectivity index (χ1) is 28.1. The normalized spacial score (nSPS) is 19.4. The molecule has 1 saturated heterocycles. The number of fused-ring (bicyclic) bond motifs is 6. The summed E-state index contributed by atoms with van der Waals surface area (Å²) in [5.41, 5.74) is 10.8. The van der Waals surface area contributed by atoms with Gasteiger partial charge in [0.2, 0.25) is 11.8 Å². The van der Waals surface area contributed by atoms with E-state index in [2.05, 4.69) is 66.3 Å². The summed E-state index contributed by atoms with van der Waals surface area (Å²) in [4.78, 5) is 61.0. The van der Waals surface area contributed by atoms with Crippen molar-refractivity contribution in [2.75, 3.05) is 27.3 Å². The lowest BCUT2D eigenvalue weighted by molar-refractivity contribution is -0.155. The number of nitrogens with one attached hydrogen (secondary N) is 2.